The predicted octanol–water partition coefficient (Wildman–Crippen LogP) is 1.50. The second-order valence-electron chi connectivity index (χ2n) is 3.85. The molecule has 0 spiro atoms. The Morgan fingerprint density at radius 3 is 2.09 bits per heavy atom. The van der Waals surface area contributed by atoms with Crippen molar-refractivity contribution < 1.29 is 4.74 Å². The lowest BCUT2D eigenvalue weighted by molar-refractivity contribution is -0.0903. The summed E-state index contributed by atoms with van der Waals surface area (Å²) in [4.78, 5) is 2.42. The fourth-order valence-electron chi connectivity index (χ4n) is 1.36. The van der Waals surface area contributed by atoms with E-state index in [4.69, 9.17) is 4.74 Å². The molecule has 0 atom stereocenters. The minimum Gasteiger partial charge on any atom is -0.373 e. The third kappa shape index (κ3) is 2.46. The van der Waals surface area contributed by atoms with E-state index in [0.717, 1.165) is 13.1 Å². The van der Waals surface area contributed by atoms with Gasteiger partial charge in [0.1, 0.15) is 0 Å². The number of nitrogens with zero attached hydrogens (tertiary/aromatic N) is 1. The molecule has 66 valence electrons. The van der Waals surface area contributed by atoms with E-state index in [1.807, 2.05) is 0 Å². The van der Waals surface area contributed by atoms with Crippen molar-refractivity contribution in [1.29, 1.82) is 0 Å². The Labute approximate surface area is 69.5 Å². The lowest BCUT2D eigenvalue weighted by atomic mass is 10.1. The fourth-order valence-corrected chi connectivity index (χ4v) is 1.36. The first-order valence-corrected chi connectivity index (χ1v) is 4.49. The molecule has 0 amide bonds. The van der Waals surface area contributed by atoms with Crippen molar-refractivity contribution in [3.63, 3.8) is 0 Å². The van der Waals surface area contributed by atoms with Crippen LogP contribution in [0.4, 0.5) is 0 Å². The summed E-state index contributed by atoms with van der Waals surface area (Å²) in [7, 11) is 0. The Hall–Kier alpha value is -0.0800. The van der Waals surface area contributed by atoms with E-state index in [0.29, 0.717) is 18.2 Å². The number of ether oxygens (including phenoxy) is 1. The molecule has 0 aromatic carbocycles. The highest BCUT2D eigenvalue weighted by Gasteiger charge is 2.29. The molecule has 1 heterocycles. The SMILES string of the molecule is CC(C)OC1CN(C(C)C)C1. The maximum atomic E-state index is 5.62. The van der Waals surface area contributed by atoms with E-state index in [2.05, 4.69) is 32.6 Å². The van der Waals surface area contributed by atoms with Crippen LogP contribution >= 0.6 is 0 Å². The maximum absolute atomic E-state index is 5.62. The van der Waals surface area contributed by atoms with Crippen LogP contribution in [-0.2, 0) is 4.74 Å². The summed E-state index contributed by atoms with van der Waals surface area (Å²) < 4.78 is 5.62. The quantitative estimate of drug-likeness (QED) is 0.615. The molecule has 2 heteroatoms. The van der Waals surface area contributed by atoms with Gasteiger partial charge in [-0.1, -0.05) is 0 Å². The summed E-state index contributed by atoms with van der Waals surface area (Å²) in [5.41, 5.74) is 0. The van der Waals surface area contributed by atoms with Gasteiger partial charge in [0, 0.05) is 19.1 Å². The number of hydrogen-bond donors (Lipinski definition) is 0. The minimum absolute atomic E-state index is 0.384. The molecule has 1 fully saturated rings. The van der Waals surface area contributed by atoms with E-state index in [9.17, 15) is 0 Å². The molecule has 1 aliphatic heterocycles. The van der Waals surface area contributed by atoms with Crippen LogP contribution in [0.5, 0.6) is 0 Å². The van der Waals surface area contributed by atoms with Crippen LogP contribution in [-0.4, -0.2) is 36.2 Å². The van der Waals surface area contributed by atoms with Crippen molar-refractivity contribution in [1.82, 2.24) is 4.90 Å². The van der Waals surface area contributed by atoms with E-state index < -0.39 is 0 Å². The van der Waals surface area contributed by atoms with Crippen LogP contribution in [0, 0.1) is 0 Å². The van der Waals surface area contributed by atoms with E-state index in [1.165, 1.54) is 0 Å². The van der Waals surface area contributed by atoms with Gasteiger partial charge < -0.3 is 4.74 Å². The van der Waals surface area contributed by atoms with Gasteiger partial charge in [-0.3, -0.25) is 4.90 Å². The van der Waals surface area contributed by atoms with E-state index in [-0.39, 0.29) is 0 Å². The third-order valence-corrected chi connectivity index (χ3v) is 2.07. The lowest BCUT2D eigenvalue weighted by Gasteiger charge is -2.42. The van der Waals surface area contributed by atoms with Crippen molar-refractivity contribution in [3.8, 4) is 0 Å². The average molecular weight is 157 g/mol. The summed E-state index contributed by atoms with van der Waals surface area (Å²) >= 11 is 0. The summed E-state index contributed by atoms with van der Waals surface area (Å²) in [5, 5.41) is 0. The standard InChI is InChI=1S/C9H19NO/c1-7(2)10-5-9(6-10)11-8(3)4/h7-9H,5-6H2,1-4H3. The molecule has 0 saturated carbocycles. The normalized spacial score (nSPS) is 21.3. The van der Waals surface area contributed by atoms with Gasteiger partial charge in [-0.05, 0) is 27.7 Å². The van der Waals surface area contributed by atoms with E-state index >= 15 is 0 Å². The molecular formula is C9H19NO. The first-order chi connectivity index (χ1) is 5.09. The number of hydrogen-bond acceptors (Lipinski definition) is 2. The van der Waals surface area contributed by atoms with Crippen molar-refractivity contribution in [2.75, 3.05) is 13.1 Å². The maximum Gasteiger partial charge on any atom is 0.0832 e. The summed E-state index contributed by atoms with van der Waals surface area (Å²) in [5.74, 6) is 0. The van der Waals surface area contributed by atoms with Gasteiger partial charge in [0.15, 0.2) is 0 Å². The Bertz CT molecular complexity index is 117. The second-order valence-corrected chi connectivity index (χ2v) is 3.85. The van der Waals surface area contributed by atoms with Crippen LogP contribution in [0.2, 0.25) is 0 Å². The van der Waals surface area contributed by atoms with Crippen LogP contribution in [0.1, 0.15) is 27.7 Å². The Morgan fingerprint density at radius 2 is 1.73 bits per heavy atom. The molecule has 0 N–H and O–H groups in total. The average Bonchev–Trinajstić information content (AvgIpc) is 1.75. The topological polar surface area (TPSA) is 12.5 Å². The van der Waals surface area contributed by atoms with Gasteiger partial charge in [0.2, 0.25) is 0 Å². The van der Waals surface area contributed by atoms with Crippen LogP contribution < -0.4 is 0 Å². The summed E-state index contributed by atoms with van der Waals surface area (Å²) in [6, 6.07) is 0.682. The zero-order valence-corrected chi connectivity index (χ0v) is 8.00. The first-order valence-electron chi connectivity index (χ1n) is 4.49. The molecule has 0 aliphatic carbocycles. The highest BCUT2D eigenvalue weighted by Crippen LogP contribution is 2.15. The van der Waals surface area contributed by atoms with Gasteiger partial charge in [-0.25, -0.2) is 0 Å². The van der Waals surface area contributed by atoms with Gasteiger partial charge in [0.05, 0.1) is 12.2 Å². The molecule has 2 nitrogen and oxygen atoms in total. The molecule has 1 aliphatic rings. The minimum atomic E-state index is 0.384. The largest absolute Gasteiger partial charge is 0.373 e. The molecule has 0 aromatic rings. The molecule has 0 bridgehead atoms. The number of likely N-dealkylation sites (tertiary alicyclic amines) is 1. The highest BCUT2D eigenvalue weighted by molar-refractivity contribution is 4.83. The lowest BCUT2D eigenvalue weighted by Crippen LogP contribution is -2.55. The molecular weight excluding hydrogens is 138 g/mol. The molecule has 1 saturated heterocycles. The van der Waals surface area contributed by atoms with Crippen molar-refractivity contribution in [2.45, 2.75) is 45.9 Å². The monoisotopic (exact) mass is 157 g/mol. The van der Waals surface area contributed by atoms with E-state index in [1.54, 1.807) is 0 Å². The smallest absolute Gasteiger partial charge is 0.0832 e. The molecule has 0 aromatic heterocycles. The summed E-state index contributed by atoms with van der Waals surface area (Å²) in [6.07, 6.45) is 0.881. The molecule has 0 unspecified atom stereocenters. The van der Waals surface area contributed by atoms with Crippen LogP contribution in [0.25, 0.3) is 0 Å². The fraction of sp³-hybridized carbons (Fsp3) is 1.00. The van der Waals surface area contributed by atoms with Crippen molar-refractivity contribution in [3.05, 3.63) is 0 Å². The third-order valence-electron chi connectivity index (χ3n) is 2.07. The Morgan fingerprint density at radius 1 is 1.18 bits per heavy atom. The first kappa shape index (κ1) is 9.01. The second kappa shape index (κ2) is 3.55. The van der Waals surface area contributed by atoms with Gasteiger partial charge >= 0.3 is 0 Å². The number of rotatable bonds is 3. The molecule has 11 heavy (non-hydrogen) atoms. The zero-order chi connectivity index (χ0) is 8.43. The van der Waals surface area contributed by atoms with Crippen LogP contribution in [0.3, 0.4) is 0 Å². The Balaban J connectivity index is 2.09. The predicted molar refractivity (Wildman–Crippen MR) is 46.7 cm³/mol. The summed E-state index contributed by atoms with van der Waals surface area (Å²) in [6.45, 7) is 10.9. The van der Waals surface area contributed by atoms with Gasteiger partial charge in [-0.15, -0.1) is 0 Å². The molecule has 1 rings (SSSR count). The highest BCUT2D eigenvalue weighted by atomic mass is 16.5. The van der Waals surface area contributed by atoms with Crippen molar-refractivity contribution in [2.24, 2.45) is 0 Å². The van der Waals surface area contributed by atoms with Crippen molar-refractivity contribution >= 4 is 0 Å². The van der Waals surface area contributed by atoms with Gasteiger partial charge in [-0.2, -0.15) is 0 Å². The molecule has 0 radical (unpaired) electrons. The Kier molecular flexibility index (Phi) is 2.90. The van der Waals surface area contributed by atoms with Crippen LogP contribution in [0.15, 0.2) is 0 Å². The van der Waals surface area contributed by atoms with Gasteiger partial charge in [0.25, 0.3) is 0 Å². The zero-order valence-electron chi connectivity index (χ0n) is 8.00.